The zero-order valence-electron chi connectivity index (χ0n) is 15.3. The predicted octanol–water partition coefficient (Wildman–Crippen LogP) is 5.26. The van der Waals surface area contributed by atoms with Gasteiger partial charge in [0.05, 0.1) is 0 Å². The fourth-order valence-corrected chi connectivity index (χ4v) is 3.42. The van der Waals surface area contributed by atoms with Gasteiger partial charge in [0, 0.05) is 22.9 Å². The molecule has 1 fully saturated rings. The van der Waals surface area contributed by atoms with Crippen LogP contribution in [0.5, 0.6) is 5.75 Å². The van der Waals surface area contributed by atoms with E-state index in [1.807, 2.05) is 38.1 Å². The van der Waals surface area contributed by atoms with Gasteiger partial charge in [-0.2, -0.15) is 0 Å². The highest BCUT2D eigenvalue weighted by Crippen LogP contribution is 2.36. The van der Waals surface area contributed by atoms with Crippen LogP contribution in [0.3, 0.4) is 0 Å². The van der Waals surface area contributed by atoms with Gasteiger partial charge in [0.15, 0.2) is 11.6 Å². The topological polar surface area (TPSA) is 63.6 Å². The largest absolute Gasteiger partial charge is 0.506 e. The maximum absolute atomic E-state index is 12.4. The lowest BCUT2D eigenvalue weighted by Gasteiger charge is -2.28. The molecule has 0 unspecified atom stereocenters. The Morgan fingerprint density at radius 1 is 1.07 bits per heavy atom. The lowest BCUT2D eigenvalue weighted by molar-refractivity contribution is -0.127. The van der Waals surface area contributed by atoms with Gasteiger partial charge in [-0.3, -0.25) is 9.59 Å². The van der Waals surface area contributed by atoms with Crippen molar-refractivity contribution in [1.82, 2.24) is 0 Å². The minimum atomic E-state index is -0.367. The number of Topliss-reactive ketones (excluding diaryl/α,β-unsaturated/α-hetero) is 2. The fourth-order valence-electron chi connectivity index (χ4n) is 3.15. The molecule has 5 heteroatoms. The van der Waals surface area contributed by atoms with Crippen LogP contribution in [0.25, 0.3) is 5.76 Å². The van der Waals surface area contributed by atoms with Crippen LogP contribution in [-0.2, 0) is 16.2 Å². The molecule has 0 saturated heterocycles. The van der Waals surface area contributed by atoms with Gasteiger partial charge in [0.25, 0.3) is 0 Å². The van der Waals surface area contributed by atoms with Crippen molar-refractivity contribution in [3.05, 3.63) is 69.7 Å². The Balaban J connectivity index is 1.81. The second kappa shape index (κ2) is 7.69. The molecule has 0 aromatic heterocycles. The van der Waals surface area contributed by atoms with Gasteiger partial charge in [0.2, 0.25) is 0 Å². The minimum Gasteiger partial charge on any atom is -0.506 e. The van der Waals surface area contributed by atoms with E-state index in [2.05, 4.69) is 15.9 Å². The van der Waals surface area contributed by atoms with Gasteiger partial charge in [-0.05, 0) is 35.2 Å². The number of halogens is 1. The number of hydrogen-bond donors (Lipinski definition) is 1. The van der Waals surface area contributed by atoms with Gasteiger partial charge < -0.3 is 9.84 Å². The SMILES string of the molecule is CC1(C)CC(=O)C(=C(O)c2cccc(OCc3ccc(Br)cc3)c2)C(=O)C1. The van der Waals surface area contributed by atoms with E-state index in [-0.39, 0.29) is 41.2 Å². The summed E-state index contributed by atoms with van der Waals surface area (Å²) in [5, 5.41) is 10.6. The van der Waals surface area contributed by atoms with Crippen molar-refractivity contribution >= 4 is 33.3 Å². The minimum absolute atomic E-state index is 0.0978. The molecule has 0 aliphatic heterocycles. The van der Waals surface area contributed by atoms with Crippen LogP contribution in [0.4, 0.5) is 0 Å². The van der Waals surface area contributed by atoms with E-state index < -0.39 is 0 Å². The summed E-state index contributed by atoms with van der Waals surface area (Å²) in [6.45, 7) is 4.14. The predicted molar refractivity (Wildman–Crippen MR) is 107 cm³/mol. The fraction of sp³-hybridized carbons (Fsp3) is 0.273. The van der Waals surface area contributed by atoms with Crippen molar-refractivity contribution in [2.45, 2.75) is 33.3 Å². The summed E-state index contributed by atoms with van der Waals surface area (Å²) in [4.78, 5) is 24.8. The summed E-state index contributed by atoms with van der Waals surface area (Å²) in [5.74, 6) is -0.335. The summed E-state index contributed by atoms with van der Waals surface area (Å²) in [5.41, 5.74) is 0.943. The number of allylic oxidation sites excluding steroid dienone is 1. The van der Waals surface area contributed by atoms with Crippen LogP contribution in [-0.4, -0.2) is 16.7 Å². The monoisotopic (exact) mass is 428 g/mol. The lowest BCUT2D eigenvalue weighted by Crippen LogP contribution is -2.32. The van der Waals surface area contributed by atoms with Crippen molar-refractivity contribution in [3.8, 4) is 5.75 Å². The molecular formula is C22H21BrO4. The molecule has 1 N–H and O–H groups in total. The molecule has 140 valence electrons. The van der Waals surface area contributed by atoms with Crippen molar-refractivity contribution < 1.29 is 19.4 Å². The van der Waals surface area contributed by atoms with E-state index >= 15 is 0 Å². The van der Waals surface area contributed by atoms with Crippen LogP contribution in [0, 0.1) is 5.41 Å². The maximum Gasteiger partial charge on any atom is 0.170 e. The standard InChI is InChI=1S/C22H21BrO4/c1-22(2)11-18(24)20(19(25)12-22)21(26)15-4-3-5-17(10-15)27-13-14-6-8-16(23)9-7-14/h3-10,26H,11-13H2,1-2H3. The number of carbonyl (C=O) groups is 2. The molecule has 1 saturated carbocycles. The summed E-state index contributed by atoms with van der Waals surface area (Å²) >= 11 is 3.39. The van der Waals surface area contributed by atoms with Crippen LogP contribution in [0.1, 0.15) is 37.8 Å². The van der Waals surface area contributed by atoms with E-state index in [9.17, 15) is 14.7 Å². The van der Waals surface area contributed by atoms with E-state index in [0.29, 0.717) is 17.9 Å². The molecule has 1 aliphatic rings. The molecule has 0 heterocycles. The van der Waals surface area contributed by atoms with Gasteiger partial charge in [-0.1, -0.05) is 54.0 Å². The average Bonchev–Trinajstić information content (AvgIpc) is 2.59. The van der Waals surface area contributed by atoms with Gasteiger partial charge in [0.1, 0.15) is 23.7 Å². The zero-order chi connectivity index (χ0) is 19.6. The first-order chi connectivity index (χ1) is 12.7. The summed E-state index contributed by atoms with van der Waals surface area (Å²) in [6, 6.07) is 14.6. The molecule has 3 rings (SSSR count). The number of benzene rings is 2. The third-order valence-corrected chi connectivity index (χ3v) is 5.03. The molecule has 2 aromatic rings. The summed E-state index contributed by atoms with van der Waals surface area (Å²) in [6.07, 6.45) is 0.496. The molecule has 27 heavy (non-hydrogen) atoms. The molecular weight excluding hydrogens is 408 g/mol. The smallest absolute Gasteiger partial charge is 0.170 e. The van der Waals surface area contributed by atoms with E-state index in [1.54, 1.807) is 24.3 Å². The first-order valence-electron chi connectivity index (χ1n) is 8.72. The number of rotatable bonds is 4. The lowest BCUT2D eigenvalue weighted by atomic mass is 9.73. The van der Waals surface area contributed by atoms with Crippen LogP contribution in [0.15, 0.2) is 58.6 Å². The van der Waals surface area contributed by atoms with Crippen molar-refractivity contribution in [3.63, 3.8) is 0 Å². The highest BCUT2D eigenvalue weighted by atomic mass is 79.9. The molecule has 0 amide bonds. The molecule has 4 nitrogen and oxygen atoms in total. The van der Waals surface area contributed by atoms with E-state index in [0.717, 1.165) is 10.0 Å². The van der Waals surface area contributed by atoms with Crippen LogP contribution >= 0.6 is 15.9 Å². The van der Waals surface area contributed by atoms with Crippen LogP contribution in [0.2, 0.25) is 0 Å². The number of carbonyl (C=O) groups excluding carboxylic acids is 2. The Morgan fingerprint density at radius 3 is 2.33 bits per heavy atom. The number of hydrogen-bond acceptors (Lipinski definition) is 4. The molecule has 0 spiro atoms. The number of aliphatic hydroxyl groups is 1. The van der Waals surface area contributed by atoms with Gasteiger partial charge in [-0.15, -0.1) is 0 Å². The highest BCUT2D eigenvalue weighted by molar-refractivity contribution is 9.10. The number of aliphatic hydroxyl groups excluding tert-OH is 1. The Kier molecular flexibility index (Phi) is 5.51. The normalized spacial score (nSPS) is 16.3. The molecule has 0 bridgehead atoms. The second-order valence-electron chi connectivity index (χ2n) is 7.53. The van der Waals surface area contributed by atoms with E-state index in [1.165, 1.54) is 0 Å². The number of ether oxygens (including phenoxy) is 1. The summed E-state index contributed by atoms with van der Waals surface area (Å²) in [7, 11) is 0. The quantitative estimate of drug-likeness (QED) is 0.409. The Labute approximate surface area is 167 Å². The van der Waals surface area contributed by atoms with Crippen molar-refractivity contribution in [2.24, 2.45) is 5.41 Å². The van der Waals surface area contributed by atoms with Gasteiger partial charge >= 0.3 is 0 Å². The van der Waals surface area contributed by atoms with Crippen molar-refractivity contribution in [2.75, 3.05) is 0 Å². The van der Waals surface area contributed by atoms with Gasteiger partial charge in [-0.25, -0.2) is 0 Å². The third kappa shape index (κ3) is 4.66. The second-order valence-corrected chi connectivity index (χ2v) is 8.45. The summed E-state index contributed by atoms with van der Waals surface area (Å²) < 4.78 is 6.77. The first kappa shape index (κ1) is 19.4. The average molecular weight is 429 g/mol. The Morgan fingerprint density at radius 2 is 1.70 bits per heavy atom. The van der Waals surface area contributed by atoms with Crippen LogP contribution < -0.4 is 4.74 Å². The Bertz CT molecular complexity index is 888. The molecule has 1 aliphatic carbocycles. The maximum atomic E-state index is 12.4. The van der Waals surface area contributed by atoms with Crippen molar-refractivity contribution in [1.29, 1.82) is 0 Å². The highest BCUT2D eigenvalue weighted by Gasteiger charge is 2.37. The Hall–Kier alpha value is -2.40. The first-order valence-corrected chi connectivity index (χ1v) is 9.52. The van der Waals surface area contributed by atoms with E-state index in [4.69, 9.17) is 4.74 Å². The third-order valence-electron chi connectivity index (χ3n) is 4.50. The number of ketones is 2. The molecule has 2 aromatic carbocycles. The molecule has 0 radical (unpaired) electrons. The zero-order valence-corrected chi connectivity index (χ0v) is 16.9. The molecule has 0 atom stereocenters.